The monoisotopic (exact) mass is 406 g/mol. The minimum absolute atomic E-state index is 0.0913. The van der Waals surface area contributed by atoms with Crippen molar-refractivity contribution in [2.45, 2.75) is 44.0 Å². The Bertz CT molecular complexity index is 1200. The van der Waals surface area contributed by atoms with Gasteiger partial charge in [0.15, 0.2) is 11.0 Å². The van der Waals surface area contributed by atoms with Crippen LogP contribution in [0.25, 0.3) is 16.6 Å². The lowest BCUT2D eigenvalue weighted by Crippen LogP contribution is -2.22. The number of nitrogens with zero attached hydrogens (tertiary/aromatic N) is 4. The summed E-state index contributed by atoms with van der Waals surface area (Å²) >= 11 is 1.44. The molecular formula is C22H22N4O2S. The zero-order valence-electron chi connectivity index (χ0n) is 16.6. The average molecular weight is 407 g/mol. The smallest absolute Gasteiger partial charge is 0.266 e. The van der Waals surface area contributed by atoms with Crippen molar-refractivity contribution < 1.29 is 4.52 Å². The maximum Gasteiger partial charge on any atom is 0.266 e. The minimum atomic E-state index is -0.141. The molecule has 0 aliphatic carbocycles. The minimum Gasteiger partial charge on any atom is -0.338 e. The van der Waals surface area contributed by atoms with Crippen LogP contribution >= 0.6 is 11.8 Å². The molecule has 1 atom stereocenters. The largest absolute Gasteiger partial charge is 0.338 e. The van der Waals surface area contributed by atoms with Crippen molar-refractivity contribution in [3.63, 3.8) is 0 Å². The van der Waals surface area contributed by atoms with Crippen LogP contribution < -0.4 is 5.56 Å². The van der Waals surface area contributed by atoms with Gasteiger partial charge in [-0.3, -0.25) is 9.36 Å². The summed E-state index contributed by atoms with van der Waals surface area (Å²) in [6.45, 7) is 6.08. The fraction of sp³-hybridized carbons (Fsp3) is 0.273. The van der Waals surface area contributed by atoms with Crippen LogP contribution in [0.1, 0.15) is 42.8 Å². The second-order valence-electron chi connectivity index (χ2n) is 6.95. The molecule has 0 aliphatic heterocycles. The Morgan fingerprint density at radius 3 is 2.62 bits per heavy atom. The Morgan fingerprint density at radius 2 is 1.86 bits per heavy atom. The zero-order chi connectivity index (χ0) is 20.4. The van der Waals surface area contributed by atoms with E-state index in [9.17, 15) is 4.79 Å². The van der Waals surface area contributed by atoms with E-state index < -0.39 is 0 Å². The summed E-state index contributed by atoms with van der Waals surface area (Å²) in [4.78, 5) is 22.6. The summed E-state index contributed by atoms with van der Waals surface area (Å²) in [6, 6.07) is 15.3. The van der Waals surface area contributed by atoms with Crippen LogP contribution in [0.3, 0.4) is 0 Å². The third-order valence-corrected chi connectivity index (χ3v) is 5.66. The van der Waals surface area contributed by atoms with Gasteiger partial charge in [-0.2, -0.15) is 4.98 Å². The number of benzene rings is 2. The third kappa shape index (κ3) is 3.96. The summed E-state index contributed by atoms with van der Waals surface area (Å²) in [5.41, 5.74) is 2.50. The van der Waals surface area contributed by atoms with Crippen molar-refractivity contribution in [3.05, 3.63) is 76.2 Å². The molecule has 29 heavy (non-hydrogen) atoms. The summed E-state index contributed by atoms with van der Waals surface area (Å²) in [7, 11) is 0. The Balaban J connectivity index is 1.80. The molecule has 0 unspecified atom stereocenters. The van der Waals surface area contributed by atoms with E-state index >= 15 is 0 Å². The molecule has 2 aromatic carbocycles. The third-order valence-electron chi connectivity index (χ3n) is 4.62. The van der Waals surface area contributed by atoms with E-state index in [1.54, 1.807) is 4.57 Å². The normalized spacial score (nSPS) is 12.4. The molecule has 2 aromatic heterocycles. The van der Waals surface area contributed by atoms with E-state index in [4.69, 9.17) is 9.51 Å². The molecular weight excluding hydrogens is 384 g/mol. The van der Waals surface area contributed by atoms with Gasteiger partial charge in [0.2, 0.25) is 5.89 Å². The zero-order valence-corrected chi connectivity index (χ0v) is 17.4. The predicted molar refractivity (Wildman–Crippen MR) is 115 cm³/mol. The van der Waals surface area contributed by atoms with E-state index in [1.165, 1.54) is 11.8 Å². The van der Waals surface area contributed by atoms with Crippen molar-refractivity contribution in [2.24, 2.45) is 0 Å². The molecule has 0 amide bonds. The number of aryl methyl sites for hydroxylation is 2. The second-order valence-corrected chi connectivity index (χ2v) is 8.25. The molecule has 0 saturated heterocycles. The first-order valence-corrected chi connectivity index (χ1v) is 10.5. The van der Waals surface area contributed by atoms with E-state index in [0.29, 0.717) is 27.8 Å². The van der Waals surface area contributed by atoms with Gasteiger partial charge in [0.1, 0.15) is 0 Å². The fourth-order valence-corrected chi connectivity index (χ4v) is 4.04. The number of hydrogen-bond acceptors (Lipinski definition) is 6. The first-order chi connectivity index (χ1) is 14.1. The standard InChI is InChI=1S/C22H22N4O2S/c1-4-7-19-24-20(28-25-19)15(3)29-22-23-18-9-6-5-8-17(18)21(27)26(22)16-12-10-14(2)11-13-16/h5-6,8-13,15H,4,7H2,1-3H3/t15-/m0/s1. The van der Waals surface area contributed by atoms with Gasteiger partial charge in [0, 0.05) is 6.42 Å². The van der Waals surface area contributed by atoms with Crippen molar-refractivity contribution >= 4 is 22.7 Å². The molecule has 148 valence electrons. The Morgan fingerprint density at radius 1 is 1.10 bits per heavy atom. The Hall–Kier alpha value is -2.93. The maximum absolute atomic E-state index is 13.3. The summed E-state index contributed by atoms with van der Waals surface area (Å²) < 4.78 is 7.09. The Labute approximate surface area is 173 Å². The molecule has 0 radical (unpaired) electrons. The molecule has 0 bridgehead atoms. The number of fused-ring (bicyclic) bond motifs is 1. The van der Waals surface area contributed by atoms with Crippen molar-refractivity contribution in [2.75, 3.05) is 0 Å². The highest BCUT2D eigenvalue weighted by Crippen LogP contribution is 2.34. The lowest BCUT2D eigenvalue weighted by molar-refractivity contribution is 0.374. The lowest BCUT2D eigenvalue weighted by Gasteiger charge is -2.15. The molecule has 4 rings (SSSR count). The van der Waals surface area contributed by atoms with Crippen LogP contribution in [0.2, 0.25) is 0 Å². The van der Waals surface area contributed by atoms with Crippen molar-refractivity contribution in [1.29, 1.82) is 0 Å². The fourth-order valence-electron chi connectivity index (χ4n) is 3.08. The van der Waals surface area contributed by atoms with Crippen LogP contribution in [0.15, 0.2) is 63.0 Å². The molecule has 0 saturated carbocycles. The van der Waals surface area contributed by atoms with Crippen LogP contribution in [-0.2, 0) is 6.42 Å². The van der Waals surface area contributed by atoms with E-state index in [1.807, 2.05) is 62.4 Å². The maximum atomic E-state index is 13.3. The topological polar surface area (TPSA) is 73.8 Å². The van der Waals surface area contributed by atoms with Gasteiger partial charge in [0.05, 0.1) is 21.8 Å². The highest BCUT2D eigenvalue weighted by molar-refractivity contribution is 7.99. The van der Waals surface area contributed by atoms with E-state index in [2.05, 4.69) is 17.1 Å². The highest BCUT2D eigenvalue weighted by atomic mass is 32.2. The Kier molecular flexibility index (Phi) is 5.49. The molecule has 0 spiro atoms. The molecule has 2 heterocycles. The van der Waals surface area contributed by atoms with Gasteiger partial charge in [-0.1, -0.05) is 53.7 Å². The van der Waals surface area contributed by atoms with Crippen LogP contribution in [0.5, 0.6) is 0 Å². The van der Waals surface area contributed by atoms with Crippen molar-refractivity contribution in [1.82, 2.24) is 19.7 Å². The highest BCUT2D eigenvalue weighted by Gasteiger charge is 2.20. The van der Waals surface area contributed by atoms with Gasteiger partial charge in [-0.05, 0) is 44.5 Å². The number of para-hydroxylation sites is 1. The van der Waals surface area contributed by atoms with Gasteiger partial charge < -0.3 is 4.52 Å². The van der Waals surface area contributed by atoms with Gasteiger partial charge in [-0.15, -0.1) is 0 Å². The molecule has 7 heteroatoms. The number of hydrogen-bond donors (Lipinski definition) is 0. The van der Waals surface area contributed by atoms with Crippen LogP contribution in [-0.4, -0.2) is 19.7 Å². The SMILES string of the molecule is CCCc1noc([C@H](C)Sc2nc3ccccc3c(=O)n2-c2ccc(C)cc2)n1. The molecule has 0 N–H and O–H groups in total. The summed E-state index contributed by atoms with van der Waals surface area (Å²) in [6.07, 6.45) is 1.74. The second kappa shape index (κ2) is 8.21. The first-order valence-electron chi connectivity index (χ1n) is 9.64. The number of thioether (sulfide) groups is 1. The first kappa shape index (κ1) is 19.4. The van der Waals surface area contributed by atoms with Crippen LogP contribution in [0, 0.1) is 6.92 Å². The summed E-state index contributed by atoms with van der Waals surface area (Å²) in [5.74, 6) is 1.24. The van der Waals surface area contributed by atoms with Gasteiger partial charge >= 0.3 is 0 Å². The van der Waals surface area contributed by atoms with E-state index in [0.717, 1.165) is 24.1 Å². The van der Waals surface area contributed by atoms with E-state index in [-0.39, 0.29) is 10.8 Å². The molecule has 0 fully saturated rings. The predicted octanol–water partition coefficient (Wildman–Crippen LogP) is 4.88. The molecule has 4 aromatic rings. The van der Waals surface area contributed by atoms with Crippen LogP contribution in [0.4, 0.5) is 0 Å². The lowest BCUT2D eigenvalue weighted by atomic mass is 10.2. The molecule has 6 nitrogen and oxygen atoms in total. The summed E-state index contributed by atoms with van der Waals surface area (Å²) in [5, 5.41) is 5.09. The quantitative estimate of drug-likeness (QED) is 0.335. The molecule has 0 aliphatic rings. The van der Waals surface area contributed by atoms with Crippen molar-refractivity contribution in [3.8, 4) is 5.69 Å². The van der Waals surface area contributed by atoms with Gasteiger partial charge in [-0.25, -0.2) is 4.98 Å². The van der Waals surface area contributed by atoms with Gasteiger partial charge in [0.25, 0.3) is 5.56 Å². The number of aromatic nitrogens is 4. The number of rotatable bonds is 6. The average Bonchev–Trinajstić information content (AvgIpc) is 3.19.